The maximum Gasteiger partial charge on any atom is 0.248 e. The van der Waals surface area contributed by atoms with E-state index in [1.54, 1.807) is 0 Å². The van der Waals surface area contributed by atoms with Crippen LogP contribution in [0.15, 0.2) is 53.5 Å². The van der Waals surface area contributed by atoms with Gasteiger partial charge in [0.2, 0.25) is 5.91 Å². The van der Waals surface area contributed by atoms with Gasteiger partial charge < -0.3 is 4.90 Å². The van der Waals surface area contributed by atoms with Crippen molar-refractivity contribution in [3.63, 3.8) is 0 Å². The zero-order valence-corrected chi connectivity index (χ0v) is 11.7. The molecule has 0 saturated carbocycles. The number of nitrogens with zero attached hydrogens (tertiary/aromatic N) is 2. The van der Waals surface area contributed by atoms with Crippen LogP contribution in [0, 0.1) is 0 Å². The van der Waals surface area contributed by atoms with Crippen molar-refractivity contribution in [2.75, 3.05) is 18.0 Å². The quantitative estimate of drug-likeness (QED) is 0.788. The molecule has 0 N–H and O–H groups in total. The normalized spacial score (nSPS) is 17.0. The Hall–Kier alpha value is -2.42. The molecular weight excluding hydrogens is 260 g/mol. The summed E-state index contributed by atoms with van der Waals surface area (Å²) in [5.74, 6) is 0.106. The Morgan fingerprint density at radius 3 is 2.71 bits per heavy atom. The molecule has 0 unspecified atom stereocenters. The fourth-order valence-electron chi connectivity index (χ4n) is 3.25. The van der Waals surface area contributed by atoms with Gasteiger partial charge in [-0.15, -0.1) is 0 Å². The zero-order valence-electron chi connectivity index (χ0n) is 11.7. The van der Waals surface area contributed by atoms with Gasteiger partial charge in [0.15, 0.2) is 0 Å². The second-order valence-corrected chi connectivity index (χ2v) is 5.49. The van der Waals surface area contributed by atoms with E-state index in [1.807, 2.05) is 23.1 Å². The van der Waals surface area contributed by atoms with Crippen molar-refractivity contribution in [2.24, 2.45) is 4.99 Å². The number of para-hydroxylation sites is 1. The van der Waals surface area contributed by atoms with Gasteiger partial charge in [-0.05, 0) is 18.4 Å². The number of hydrogen-bond acceptors (Lipinski definition) is 2. The molecule has 0 radical (unpaired) electrons. The average Bonchev–Trinajstić information content (AvgIpc) is 2.68. The van der Waals surface area contributed by atoms with Gasteiger partial charge in [-0.25, -0.2) is 0 Å². The van der Waals surface area contributed by atoms with E-state index in [1.165, 1.54) is 5.56 Å². The highest BCUT2D eigenvalue weighted by Gasteiger charge is 2.29. The van der Waals surface area contributed by atoms with Crippen LogP contribution in [0.1, 0.15) is 23.1 Å². The number of aliphatic imine (C=N–C) groups is 1. The number of hydrogen-bond donors (Lipinski definition) is 0. The van der Waals surface area contributed by atoms with Gasteiger partial charge in [-0.1, -0.05) is 48.5 Å². The maximum absolute atomic E-state index is 12.4. The van der Waals surface area contributed by atoms with E-state index in [4.69, 9.17) is 0 Å². The van der Waals surface area contributed by atoms with Crippen LogP contribution in [0.4, 0.5) is 5.69 Å². The molecule has 3 nitrogen and oxygen atoms in total. The molecule has 1 amide bonds. The van der Waals surface area contributed by atoms with E-state index in [-0.39, 0.29) is 12.5 Å². The van der Waals surface area contributed by atoms with Crippen LogP contribution >= 0.6 is 0 Å². The van der Waals surface area contributed by atoms with Crippen LogP contribution in [-0.4, -0.2) is 24.7 Å². The largest absolute Gasteiger partial charge is 0.310 e. The van der Waals surface area contributed by atoms with Crippen LogP contribution in [0.3, 0.4) is 0 Å². The van der Waals surface area contributed by atoms with Gasteiger partial charge in [0.05, 0.1) is 11.4 Å². The van der Waals surface area contributed by atoms with E-state index < -0.39 is 0 Å². The lowest BCUT2D eigenvalue weighted by atomic mass is 9.93. The Kier molecular flexibility index (Phi) is 2.85. The highest BCUT2D eigenvalue weighted by atomic mass is 16.2. The number of amides is 1. The van der Waals surface area contributed by atoms with Crippen molar-refractivity contribution in [3.05, 3.63) is 65.2 Å². The van der Waals surface area contributed by atoms with Crippen LogP contribution in [0.5, 0.6) is 0 Å². The summed E-state index contributed by atoms with van der Waals surface area (Å²) < 4.78 is 0. The number of carbonyl (C=O) groups excluding carboxylic acids is 1. The molecule has 2 heterocycles. The molecule has 0 bridgehead atoms. The summed E-state index contributed by atoms with van der Waals surface area (Å²) in [7, 11) is 0. The van der Waals surface area contributed by atoms with E-state index in [2.05, 4.69) is 35.3 Å². The number of aryl methyl sites for hydroxylation is 1. The molecule has 0 atom stereocenters. The minimum atomic E-state index is 0.106. The third-order valence-electron chi connectivity index (χ3n) is 4.19. The first-order chi connectivity index (χ1) is 10.3. The first-order valence-electron chi connectivity index (χ1n) is 7.37. The van der Waals surface area contributed by atoms with Crippen LogP contribution in [-0.2, 0) is 11.2 Å². The van der Waals surface area contributed by atoms with Crippen molar-refractivity contribution < 1.29 is 4.79 Å². The Labute approximate surface area is 123 Å². The van der Waals surface area contributed by atoms with Crippen molar-refractivity contribution in [2.45, 2.75) is 12.8 Å². The second-order valence-electron chi connectivity index (χ2n) is 5.49. The lowest BCUT2D eigenvalue weighted by Gasteiger charge is -2.30. The molecule has 0 aromatic heterocycles. The molecule has 21 heavy (non-hydrogen) atoms. The number of benzene rings is 2. The molecule has 0 fully saturated rings. The third-order valence-corrected chi connectivity index (χ3v) is 4.19. The van der Waals surface area contributed by atoms with Crippen LogP contribution in [0.2, 0.25) is 0 Å². The molecule has 2 aromatic carbocycles. The average molecular weight is 276 g/mol. The summed E-state index contributed by atoms with van der Waals surface area (Å²) in [6.45, 7) is 1.04. The minimum Gasteiger partial charge on any atom is -0.310 e. The lowest BCUT2D eigenvalue weighted by Crippen LogP contribution is -2.36. The molecule has 3 heteroatoms. The van der Waals surface area contributed by atoms with E-state index in [0.717, 1.165) is 41.9 Å². The fraction of sp³-hybridized carbons (Fsp3) is 0.222. The summed E-state index contributed by atoms with van der Waals surface area (Å²) in [6.07, 6.45) is 2.07. The van der Waals surface area contributed by atoms with Gasteiger partial charge in [0.25, 0.3) is 0 Å². The van der Waals surface area contributed by atoms with Crippen molar-refractivity contribution in [1.82, 2.24) is 0 Å². The number of rotatable bonds is 1. The molecular formula is C18H16N2O. The highest BCUT2D eigenvalue weighted by Crippen LogP contribution is 2.34. The Morgan fingerprint density at radius 1 is 1.00 bits per heavy atom. The van der Waals surface area contributed by atoms with Crippen LogP contribution < -0.4 is 4.90 Å². The standard InChI is InChI=1S/C18H16N2O/c21-16-12-19-17(13-6-2-1-3-7-13)15-10-4-8-14-9-5-11-20(16)18(14)15/h1-4,6-8,10H,5,9,11-12H2. The lowest BCUT2D eigenvalue weighted by molar-refractivity contribution is -0.117. The van der Waals surface area contributed by atoms with Crippen LogP contribution in [0.25, 0.3) is 0 Å². The second kappa shape index (κ2) is 4.85. The fourth-order valence-corrected chi connectivity index (χ4v) is 3.25. The first kappa shape index (κ1) is 12.3. The molecule has 104 valence electrons. The van der Waals surface area contributed by atoms with Crippen molar-refractivity contribution in [3.8, 4) is 0 Å². The van der Waals surface area contributed by atoms with Gasteiger partial charge in [0.1, 0.15) is 6.54 Å². The van der Waals surface area contributed by atoms with E-state index >= 15 is 0 Å². The molecule has 0 saturated heterocycles. The predicted molar refractivity (Wildman–Crippen MR) is 84.1 cm³/mol. The molecule has 0 spiro atoms. The summed E-state index contributed by atoms with van der Waals surface area (Å²) in [5, 5.41) is 0. The van der Waals surface area contributed by atoms with Gasteiger partial charge >= 0.3 is 0 Å². The summed E-state index contributed by atoms with van der Waals surface area (Å²) in [4.78, 5) is 18.9. The highest BCUT2D eigenvalue weighted by molar-refractivity contribution is 6.20. The summed E-state index contributed by atoms with van der Waals surface area (Å²) >= 11 is 0. The molecule has 2 aromatic rings. The Morgan fingerprint density at radius 2 is 1.86 bits per heavy atom. The van der Waals surface area contributed by atoms with Crippen molar-refractivity contribution in [1.29, 1.82) is 0 Å². The van der Waals surface area contributed by atoms with E-state index in [9.17, 15) is 4.79 Å². The third kappa shape index (κ3) is 1.97. The monoisotopic (exact) mass is 276 g/mol. The maximum atomic E-state index is 12.4. The van der Waals surface area contributed by atoms with Gasteiger partial charge in [-0.2, -0.15) is 0 Å². The Bertz CT molecular complexity index is 734. The SMILES string of the molecule is O=C1CN=C(c2ccccc2)c2cccc3c2N1CCC3. The first-order valence-corrected chi connectivity index (χ1v) is 7.37. The zero-order chi connectivity index (χ0) is 14.2. The molecule has 4 rings (SSSR count). The molecule has 0 aliphatic carbocycles. The topological polar surface area (TPSA) is 32.7 Å². The minimum absolute atomic E-state index is 0.106. The molecule has 2 aliphatic heterocycles. The Balaban J connectivity index is 1.96. The predicted octanol–water partition coefficient (Wildman–Crippen LogP) is 2.82. The number of carbonyl (C=O) groups is 1. The smallest absolute Gasteiger partial charge is 0.248 e. The van der Waals surface area contributed by atoms with Gasteiger partial charge in [-0.3, -0.25) is 9.79 Å². The molecule has 2 aliphatic rings. The van der Waals surface area contributed by atoms with Crippen molar-refractivity contribution >= 4 is 17.3 Å². The summed E-state index contributed by atoms with van der Waals surface area (Å²) in [6, 6.07) is 16.4. The summed E-state index contributed by atoms with van der Waals surface area (Å²) in [5.41, 5.74) is 5.44. The van der Waals surface area contributed by atoms with E-state index in [0.29, 0.717) is 0 Å². The van der Waals surface area contributed by atoms with Gasteiger partial charge in [0, 0.05) is 17.7 Å². The number of anilines is 1.